The molecule has 0 atom stereocenters. The summed E-state index contributed by atoms with van der Waals surface area (Å²) in [7, 11) is 1.14. The second-order valence-electron chi connectivity index (χ2n) is 5.16. The Bertz CT molecular complexity index is 868. The number of nitrogens with one attached hydrogen (secondary N) is 1. The molecule has 0 saturated carbocycles. The first-order chi connectivity index (χ1) is 12.1. The third kappa shape index (κ3) is 4.47. The molecule has 4 nitrogen and oxygen atoms in total. The van der Waals surface area contributed by atoms with Crippen molar-refractivity contribution in [3.8, 4) is 0 Å². The smallest absolute Gasteiger partial charge is 0.417 e. The van der Waals surface area contributed by atoms with Crippen LogP contribution in [-0.4, -0.2) is 18.1 Å². The monoisotopic (exact) mass is 404 g/mol. The van der Waals surface area contributed by atoms with Gasteiger partial charge in [-0.3, -0.25) is 4.98 Å². The van der Waals surface area contributed by atoms with Gasteiger partial charge in [0, 0.05) is 23.1 Å². The van der Waals surface area contributed by atoms with Gasteiger partial charge in [0.2, 0.25) is 0 Å². The number of carbonyl (C=O) groups is 1. The number of aromatic nitrogens is 1. The molecule has 1 N–H and O–H groups in total. The van der Waals surface area contributed by atoms with Crippen molar-refractivity contribution < 1.29 is 22.7 Å². The van der Waals surface area contributed by atoms with Crippen LogP contribution in [0.3, 0.4) is 0 Å². The number of esters is 1. The molecule has 0 aliphatic carbocycles. The van der Waals surface area contributed by atoms with E-state index in [2.05, 4.69) is 15.0 Å². The molecule has 1 aromatic heterocycles. The number of hydrogen-bond donors (Lipinski definition) is 1. The van der Waals surface area contributed by atoms with E-state index in [4.69, 9.17) is 23.2 Å². The average Bonchev–Trinajstić information content (AvgIpc) is 2.58. The van der Waals surface area contributed by atoms with Gasteiger partial charge in [0.05, 0.1) is 23.4 Å². The largest absolute Gasteiger partial charge is 0.465 e. The van der Waals surface area contributed by atoms with Gasteiger partial charge in [0.25, 0.3) is 0 Å². The SMILES string of the molecule is COC(=O)/C(=C/Nc1cccc(Cl)c1C)c1ncc(C(F)(F)F)cc1Cl. The number of halogens is 5. The van der Waals surface area contributed by atoms with Crippen molar-refractivity contribution in [1.82, 2.24) is 4.98 Å². The van der Waals surface area contributed by atoms with Crippen molar-refractivity contribution >= 4 is 40.4 Å². The first kappa shape index (κ1) is 20.1. The normalized spacial score (nSPS) is 12.0. The van der Waals surface area contributed by atoms with Gasteiger partial charge >= 0.3 is 12.1 Å². The number of anilines is 1. The Morgan fingerprint density at radius 3 is 2.54 bits per heavy atom. The minimum Gasteiger partial charge on any atom is -0.465 e. The standard InChI is InChI=1S/C17H13Cl2F3N2O2/c1-9-12(18)4-3-5-14(9)23-8-11(16(25)26-2)15-13(19)6-10(7-24-15)17(20,21)22/h3-8,23H,1-2H3/b11-8+. The molecular weight excluding hydrogens is 392 g/mol. The third-order valence-corrected chi connectivity index (χ3v) is 4.17. The summed E-state index contributed by atoms with van der Waals surface area (Å²) in [6.45, 7) is 1.76. The number of alkyl halides is 3. The Kier molecular flexibility index (Phi) is 6.15. The van der Waals surface area contributed by atoms with Crippen molar-refractivity contribution in [2.75, 3.05) is 12.4 Å². The molecule has 0 saturated heterocycles. The molecule has 0 radical (unpaired) electrons. The van der Waals surface area contributed by atoms with E-state index in [1.54, 1.807) is 25.1 Å². The number of rotatable bonds is 4. The van der Waals surface area contributed by atoms with Crippen molar-refractivity contribution in [2.45, 2.75) is 13.1 Å². The highest BCUT2D eigenvalue weighted by molar-refractivity contribution is 6.34. The number of pyridine rings is 1. The highest BCUT2D eigenvalue weighted by atomic mass is 35.5. The fourth-order valence-electron chi connectivity index (χ4n) is 2.04. The van der Waals surface area contributed by atoms with Gasteiger partial charge in [-0.25, -0.2) is 4.79 Å². The maximum atomic E-state index is 12.7. The highest BCUT2D eigenvalue weighted by Crippen LogP contribution is 2.33. The zero-order valence-corrected chi connectivity index (χ0v) is 15.1. The number of benzene rings is 1. The maximum absolute atomic E-state index is 12.7. The lowest BCUT2D eigenvalue weighted by atomic mass is 10.1. The van der Waals surface area contributed by atoms with Crippen LogP contribution in [0.1, 0.15) is 16.8 Å². The molecular formula is C17H13Cl2F3N2O2. The van der Waals surface area contributed by atoms with E-state index in [9.17, 15) is 18.0 Å². The maximum Gasteiger partial charge on any atom is 0.417 e. The molecule has 2 aromatic rings. The molecule has 1 heterocycles. The molecule has 0 bridgehead atoms. The zero-order chi connectivity index (χ0) is 19.5. The summed E-state index contributed by atoms with van der Waals surface area (Å²) in [6, 6.07) is 5.81. The summed E-state index contributed by atoms with van der Waals surface area (Å²) in [4.78, 5) is 15.7. The number of methoxy groups -OCH3 is 1. The summed E-state index contributed by atoms with van der Waals surface area (Å²) in [5.41, 5.74) is 0.0291. The lowest BCUT2D eigenvalue weighted by Gasteiger charge is -2.12. The average molecular weight is 405 g/mol. The molecule has 2 rings (SSSR count). The van der Waals surface area contributed by atoms with E-state index in [1.807, 2.05) is 0 Å². The van der Waals surface area contributed by atoms with Crippen molar-refractivity contribution in [1.29, 1.82) is 0 Å². The Morgan fingerprint density at radius 1 is 1.27 bits per heavy atom. The van der Waals surface area contributed by atoms with E-state index in [-0.39, 0.29) is 16.3 Å². The molecule has 0 aliphatic heterocycles. The topological polar surface area (TPSA) is 51.2 Å². The fraction of sp³-hybridized carbons (Fsp3) is 0.176. The molecule has 0 spiro atoms. The van der Waals surface area contributed by atoms with E-state index in [0.717, 1.165) is 12.7 Å². The van der Waals surface area contributed by atoms with E-state index in [0.29, 0.717) is 23.0 Å². The van der Waals surface area contributed by atoms with Crippen LogP contribution >= 0.6 is 23.2 Å². The van der Waals surface area contributed by atoms with Crippen LogP contribution in [0.15, 0.2) is 36.7 Å². The number of nitrogens with zero attached hydrogens (tertiary/aromatic N) is 1. The Hall–Kier alpha value is -2.25. The van der Waals surface area contributed by atoms with Gasteiger partial charge in [-0.15, -0.1) is 0 Å². The predicted octanol–water partition coefficient (Wildman–Crippen LogP) is 5.34. The predicted molar refractivity (Wildman–Crippen MR) is 94.1 cm³/mol. The Morgan fingerprint density at radius 2 is 1.96 bits per heavy atom. The van der Waals surface area contributed by atoms with Crippen molar-refractivity contribution in [3.05, 3.63) is 63.5 Å². The molecule has 9 heteroatoms. The minimum atomic E-state index is -4.60. The van der Waals surface area contributed by atoms with Gasteiger partial charge in [-0.2, -0.15) is 13.2 Å². The fourth-order valence-corrected chi connectivity index (χ4v) is 2.48. The highest BCUT2D eigenvalue weighted by Gasteiger charge is 2.32. The summed E-state index contributed by atoms with van der Waals surface area (Å²) in [5.74, 6) is -0.814. The minimum absolute atomic E-state index is 0.134. The van der Waals surface area contributed by atoms with Crippen LogP contribution in [0.25, 0.3) is 5.57 Å². The molecule has 26 heavy (non-hydrogen) atoms. The molecule has 1 aromatic carbocycles. The Labute approximate surface area is 157 Å². The third-order valence-electron chi connectivity index (χ3n) is 3.47. The van der Waals surface area contributed by atoms with Gasteiger partial charge < -0.3 is 10.1 Å². The molecule has 0 amide bonds. The number of ether oxygens (including phenoxy) is 1. The summed E-state index contributed by atoms with van der Waals surface area (Å²) in [5, 5.41) is 3.05. The summed E-state index contributed by atoms with van der Waals surface area (Å²) >= 11 is 11.9. The van der Waals surface area contributed by atoms with E-state index < -0.39 is 17.7 Å². The lowest BCUT2D eigenvalue weighted by Crippen LogP contribution is -2.11. The zero-order valence-electron chi connectivity index (χ0n) is 13.6. The van der Waals surface area contributed by atoms with Gasteiger partial charge in [0.1, 0.15) is 5.57 Å². The second-order valence-corrected chi connectivity index (χ2v) is 5.97. The molecule has 0 aliphatic rings. The van der Waals surface area contributed by atoms with Crippen LogP contribution < -0.4 is 5.32 Å². The first-order valence-electron chi connectivity index (χ1n) is 7.18. The van der Waals surface area contributed by atoms with Crippen LogP contribution in [0.2, 0.25) is 10.0 Å². The van der Waals surface area contributed by atoms with Crippen LogP contribution in [0, 0.1) is 6.92 Å². The van der Waals surface area contributed by atoms with Crippen LogP contribution in [-0.2, 0) is 15.7 Å². The molecule has 138 valence electrons. The lowest BCUT2D eigenvalue weighted by molar-refractivity contribution is -0.137. The summed E-state index contributed by atoms with van der Waals surface area (Å²) in [6.07, 6.45) is -2.74. The number of hydrogen-bond acceptors (Lipinski definition) is 4. The van der Waals surface area contributed by atoms with Crippen LogP contribution in [0.5, 0.6) is 0 Å². The van der Waals surface area contributed by atoms with Gasteiger partial charge in [0.15, 0.2) is 0 Å². The molecule has 0 fully saturated rings. The van der Waals surface area contributed by atoms with E-state index >= 15 is 0 Å². The van der Waals surface area contributed by atoms with Crippen LogP contribution in [0.4, 0.5) is 18.9 Å². The van der Waals surface area contributed by atoms with E-state index in [1.165, 1.54) is 6.20 Å². The van der Waals surface area contributed by atoms with Crippen molar-refractivity contribution in [3.63, 3.8) is 0 Å². The first-order valence-corrected chi connectivity index (χ1v) is 7.94. The Balaban J connectivity index is 2.45. The quantitative estimate of drug-likeness (QED) is 0.551. The van der Waals surface area contributed by atoms with Crippen molar-refractivity contribution in [2.24, 2.45) is 0 Å². The number of carbonyl (C=O) groups excluding carboxylic acids is 1. The van der Waals surface area contributed by atoms with Gasteiger partial charge in [-0.1, -0.05) is 29.3 Å². The second kappa shape index (κ2) is 7.97. The van der Waals surface area contributed by atoms with Gasteiger partial charge in [-0.05, 0) is 30.7 Å². The summed E-state index contributed by atoms with van der Waals surface area (Å²) < 4.78 is 42.9. The molecule has 0 unspecified atom stereocenters.